The summed E-state index contributed by atoms with van der Waals surface area (Å²) in [5, 5.41) is 0. The normalized spacial score (nSPS) is 10.1. The third kappa shape index (κ3) is 1.67. The van der Waals surface area contributed by atoms with E-state index in [4.69, 9.17) is 0 Å². The molecule has 0 unspecified atom stereocenters. The molecule has 2 heterocycles. The van der Waals surface area contributed by atoms with Gasteiger partial charge in [0.25, 0.3) is 0 Å². The standard InChI is InChI=1S/C9H7N3OS/c1-6-2-3-7(4-10-6)9(13)8-5-11-14-12-8/h2-5H,1H3. The van der Waals surface area contributed by atoms with Crippen molar-refractivity contribution in [2.24, 2.45) is 0 Å². The second-order valence-electron chi connectivity index (χ2n) is 2.81. The summed E-state index contributed by atoms with van der Waals surface area (Å²) < 4.78 is 7.64. The Hall–Kier alpha value is -1.62. The molecule has 0 aliphatic carbocycles. The van der Waals surface area contributed by atoms with Crippen LogP contribution in [0.2, 0.25) is 0 Å². The molecule has 2 aromatic heterocycles. The monoisotopic (exact) mass is 205 g/mol. The van der Waals surface area contributed by atoms with Crippen molar-refractivity contribution < 1.29 is 4.79 Å². The van der Waals surface area contributed by atoms with Crippen LogP contribution in [0.3, 0.4) is 0 Å². The summed E-state index contributed by atoms with van der Waals surface area (Å²) in [7, 11) is 0. The van der Waals surface area contributed by atoms with Gasteiger partial charge in [0.2, 0.25) is 5.78 Å². The van der Waals surface area contributed by atoms with E-state index in [1.165, 1.54) is 6.20 Å². The van der Waals surface area contributed by atoms with Crippen molar-refractivity contribution in [2.45, 2.75) is 6.92 Å². The molecule has 0 aliphatic rings. The van der Waals surface area contributed by atoms with Crippen molar-refractivity contribution >= 4 is 17.5 Å². The number of carbonyl (C=O) groups excluding carboxylic acids is 1. The number of hydrogen-bond acceptors (Lipinski definition) is 5. The Kier molecular flexibility index (Phi) is 2.32. The lowest BCUT2D eigenvalue weighted by atomic mass is 10.1. The van der Waals surface area contributed by atoms with E-state index in [9.17, 15) is 4.79 Å². The van der Waals surface area contributed by atoms with Crippen LogP contribution in [0.1, 0.15) is 21.7 Å². The molecule has 0 saturated carbocycles. The molecular formula is C9H7N3OS. The number of hydrogen-bond donors (Lipinski definition) is 0. The molecule has 0 bridgehead atoms. The van der Waals surface area contributed by atoms with Crippen LogP contribution in [0.4, 0.5) is 0 Å². The number of aryl methyl sites for hydroxylation is 1. The molecule has 2 aromatic rings. The number of nitrogens with zero attached hydrogens (tertiary/aromatic N) is 3. The largest absolute Gasteiger partial charge is 0.287 e. The molecule has 0 radical (unpaired) electrons. The Morgan fingerprint density at radius 2 is 2.21 bits per heavy atom. The van der Waals surface area contributed by atoms with E-state index in [1.54, 1.807) is 18.3 Å². The Balaban J connectivity index is 2.33. The first kappa shape index (κ1) is 8.96. The van der Waals surface area contributed by atoms with E-state index in [1.807, 2.05) is 6.92 Å². The average molecular weight is 205 g/mol. The minimum absolute atomic E-state index is 0.133. The molecule has 0 saturated heterocycles. The summed E-state index contributed by atoms with van der Waals surface area (Å²) in [5.74, 6) is -0.133. The zero-order valence-corrected chi connectivity index (χ0v) is 8.28. The minimum atomic E-state index is -0.133. The van der Waals surface area contributed by atoms with Crippen molar-refractivity contribution in [1.82, 2.24) is 13.7 Å². The van der Waals surface area contributed by atoms with E-state index in [0.29, 0.717) is 11.3 Å². The Morgan fingerprint density at radius 3 is 2.79 bits per heavy atom. The fourth-order valence-corrected chi connectivity index (χ4v) is 1.43. The average Bonchev–Trinajstić information content (AvgIpc) is 2.71. The van der Waals surface area contributed by atoms with Crippen LogP contribution in [0.25, 0.3) is 0 Å². The van der Waals surface area contributed by atoms with Crippen LogP contribution >= 0.6 is 11.7 Å². The molecule has 0 fully saturated rings. The number of ketones is 1. The molecule has 2 rings (SSSR count). The second-order valence-corrected chi connectivity index (χ2v) is 3.37. The maximum absolute atomic E-state index is 11.7. The summed E-state index contributed by atoms with van der Waals surface area (Å²) in [6.07, 6.45) is 3.02. The smallest absolute Gasteiger partial charge is 0.215 e. The van der Waals surface area contributed by atoms with Crippen LogP contribution in [0.5, 0.6) is 0 Å². The van der Waals surface area contributed by atoms with Gasteiger partial charge in [-0.15, -0.1) is 0 Å². The SMILES string of the molecule is Cc1ccc(C(=O)c2cnsn2)cn1. The molecule has 70 valence electrons. The fourth-order valence-electron chi connectivity index (χ4n) is 1.01. The van der Waals surface area contributed by atoms with E-state index < -0.39 is 0 Å². The zero-order chi connectivity index (χ0) is 9.97. The minimum Gasteiger partial charge on any atom is -0.287 e. The Bertz CT molecular complexity index is 436. The molecule has 0 atom stereocenters. The molecule has 0 amide bonds. The first-order valence-corrected chi connectivity index (χ1v) is 4.75. The lowest BCUT2D eigenvalue weighted by Gasteiger charge is -1.96. The first-order valence-electron chi connectivity index (χ1n) is 4.02. The van der Waals surface area contributed by atoms with Crippen LogP contribution in [0.15, 0.2) is 24.5 Å². The third-order valence-corrected chi connectivity index (χ3v) is 2.25. The van der Waals surface area contributed by atoms with Gasteiger partial charge in [0.05, 0.1) is 17.9 Å². The molecule has 0 aromatic carbocycles. The number of rotatable bonds is 2. The Labute approximate surface area is 85.0 Å². The summed E-state index contributed by atoms with van der Waals surface area (Å²) in [6.45, 7) is 1.87. The highest BCUT2D eigenvalue weighted by atomic mass is 32.1. The third-order valence-electron chi connectivity index (χ3n) is 1.77. The Morgan fingerprint density at radius 1 is 1.36 bits per heavy atom. The van der Waals surface area contributed by atoms with Gasteiger partial charge in [0, 0.05) is 17.5 Å². The number of pyridine rings is 1. The van der Waals surface area contributed by atoms with Crippen molar-refractivity contribution in [3.63, 3.8) is 0 Å². The van der Waals surface area contributed by atoms with Crippen LogP contribution in [-0.4, -0.2) is 19.5 Å². The molecule has 4 nitrogen and oxygen atoms in total. The van der Waals surface area contributed by atoms with Gasteiger partial charge in [-0.1, -0.05) is 0 Å². The van der Waals surface area contributed by atoms with E-state index in [-0.39, 0.29) is 5.78 Å². The summed E-state index contributed by atoms with van der Waals surface area (Å²) in [6, 6.07) is 3.54. The van der Waals surface area contributed by atoms with Gasteiger partial charge in [0.1, 0.15) is 5.69 Å². The number of aromatic nitrogens is 3. The van der Waals surface area contributed by atoms with Crippen molar-refractivity contribution in [1.29, 1.82) is 0 Å². The molecule has 5 heteroatoms. The van der Waals surface area contributed by atoms with Gasteiger partial charge in [-0.05, 0) is 19.1 Å². The lowest BCUT2D eigenvalue weighted by molar-refractivity contribution is 0.103. The predicted octanol–water partition coefficient (Wildman–Crippen LogP) is 1.47. The highest BCUT2D eigenvalue weighted by Crippen LogP contribution is 2.07. The van der Waals surface area contributed by atoms with Crippen molar-refractivity contribution in [3.05, 3.63) is 41.5 Å². The van der Waals surface area contributed by atoms with Crippen molar-refractivity contribution in [3.8, 4) is 0 Å². The fraction of sp³-hybridized carbons (Fsp3) is 0.111. The van der Waals surface area contributed by atoms with Crippen LogP contribution in [-0.2, 0) is 0 Å². The van der Waals surface area contributed by atoms with Gasteiger partial charge >= 0.3 is 0 Å². The quantitative estimate of drug-likeness (QED) is 0.697. The van der Waals surface area contributed by atoms with E-state index >= 15 is 0 Å². The number of carbonyl (C=O) groups is 1. The van der Waals surface area contributed by atoms with Gasteiger partial charge < -0.3 is 0 Å². The molecule has 0 spiro atoms. The summed E-state index contributed by atoms with van der Waals surface area (Å²) in [4.78, 5) is 15.7. The molecule has 0 N–H and O–H groups in total. The molecular weight excluding hydrogens is 198 g/mol. The van der Waals surface area contributed by atoms with E-state index in [0.717, 1.165) is 17.4 Å². The van der Waals surface area contributed by atoms with Gasteiger partial charge in [-0.25, -0.2) is 0 Å². The summed E-state index contributed by atoms with van der Waals surface area (Å²) >= 11 is 1.02. The topological polar surface area (TPSA) is 55.7 Å². The molecule has 0 aliphatic heterocycles. The van der Waals surface area contributed by atoms with Crippen molar-refractivity contribution in [2.75, 3.05) is 0 Å². The second kappa shape index (κ2) is 3.63. The van der Waals surface area contributed by atoms with E-state index in [2.05, 4.69) is 13.7 Å². The van der Waals surface area contributed by atoms with Gasteiger partial charge in [-0.2, -0.15) is 8.75 Å². The highest BCUT2D eigenvalue weighted by molar-refractivity contribution is 6.99. The van der Waals surface area contributed by atoms with Crippen LogP contribution < -0.4 is 0 Å². The summed E-state index contributed by atoms with van der Waals surface area (Å²) in [5.41, 5.74) is 1.81. The maximum atomic E-state index is 11.7. The highest BCUT2D eigenvalue weighted by Gasteiger charge is 2.11. The molecule has 14 heavy (non-hydrogen) atoms. The van der Waals surface area contributed by atoms with Gasteiger partial charge in [-0.3, -0.25) is 9.78 Å². The maximum Gasteiger partial charge on any atom is 0.215 e. The zero-order valence-electron chi connectivity index (χ0n) is 7.47. The lowest BCUT2D eigenvalue weighted by Crippen LogP contribution is -2.02. The van der Waals surface area contributed by atoms with Crippen LogP contribution in [0, 0.1) is 6.92 Å². The predicted molar refractivity (Wildman–Crippen MR) is 52.3 cm³/mol. The first-order chi connectivity index (χ1) is 6.77. The van der Waals surface area contributed by atoms with Gasteiger partial charge in [0.15, 0.2) is 0 Å².